The normalized spacial score (nSPS) is 14.9. The molecule has 0 N–H and O–H groups in total. The maximum atomic E-state index is 11.9. The van der Waals surface area contributed by atoms with Gasteiger partial charge in [0.25, 0.3) is 16.3 Å². The van der Waals surface area contributed by atoms with Gasteiger partial charge in [-0.1, -0.05) is 13.8 Å². The van der Waals surface area contributed by atoms with Crippen LogP contribution in [0.1, 0.15) is 13.8 Å². The summed E-state index contributed by atoms with van der Waals surface area (Å²) in [5, 5.41) is 0. The third kappa shape index (κ3) is 5.08. The van der Waals surface area contributed by atoms with E-state index >= 15 is 0 Å². The molecule has 0 aliphatic heterocycles. The van der Waals surface area contributed by atoms with Crippen LogP contribution >= 0.6 is 0 Å². The van der Waals surface area contributed by atoms with Crippen molar-refractivity contribution in [2.45, 2.75) is 36.8 Å². The SMILES string of the molecule is C[C](C)([AlH2])OC(C(F)(F)F)C(F)(F)F. The summed E-state index contributed by atoms with van der Waals surface area (Å²) in [4.78, 5) is 0. The lowest BCUT2D eigenvalue weighted by Crippen LogP contribution is -2.49. The highest BCUT2D eigenvalue weighted by atomic mass is 27.0. The van der Waals surface area contributed by atoms with E-state index in [1.54, 1.807) is 0 Å². The van der Waals surface area contributed by atoms with Crippen LogP contribution in [0.4, 0.5) is 26.3 Å². The van der Waals surface area contributed by atoms with Crippen LogP contribution in [-0.2, 0) is 4.74 Å². The molecule has 0 spiro atoms. The Bertz CT molecular complexity index is 176. The van der Waals surface area contributed by atoms with E-state index in [0.29, 0.717) is 0 Å². The van der Waals surface area contributed by atoms with Gasteiger partial charge < -0.3 is 4.74 Å². The molecule has 0 atom stereocenters. The minimum Gasteiger partial charge on any atom is -0.372 e. The van der Waals surface area contributed by atoms with Gasteiger partial charge in [0, 0.05) is 4.46 Å². The minimum atomic E-state index is -5.42. The zero-order valence-electron chi connectivity index (χ0n) is 7.75. The molecular formula is C6H9AlF6O. The summed E-state index contributed by atoms with van der Waals surface area (Å²) >= 11 is 0.0711. The molecule has 14 heavy (non-hydrogen) atoms. The van der Waals surface area contributed by atoms with E-state index in [9.17, 15) is 26.3 Å². The van der Waals surface area contributed by atoms with Gasteiger partial charge in [0.2, 0.25) is 6.10 Å². The Morgan fingerprint density at radius 1 is 0.929 bits per heavy atom. The quantitative estimate of drug-likeness (QED) is 0.527. The maximum absolute atomic E-state index is 11.9. The fraction of sp³-hybridized carbons (Fsp3) is 1.00. The van der Waals surface area contributed by atoms with Crippen molar-refractivity contribution < 1.29 is 31.1 Å². The summed E-state index contributed by atoms with van der Waals surface area (Å²) in [5.41, 5.74) is 0. The summed E-state index contributed by atoms with van der Waals surface area (Å²) in [6.45, 7) is 2.37. The summed E-state index contributed by atoms with van der Waals surface area (Å²) in [7, 11) is 0. The molecule has 0 unspecified atom stereocenters. The van der Waals surface area contributed by atoms with Gasteiger partial charge in [0.1, 0.15) is 0 Å². The van der Waals surface area contributed by atoms with Crippen LogP contribution in [0, 0.1) is 0 Å². The van der Waals surface area contributed by atoms with E-state index in [0.717, 1.165) is 0 Å². The van der Waals surface area contributed by atoms with Crippen molar-refractivity contribution in [1.82, 2.24) is 0 Å². The van der Waals surface area contributed by atoms with E-state index in [-0.39, 0.29) is 16.3 Å². The van der Waals surface area contributed by atoms with Crippen LogP contribution in [0.3, 0.4) is 0 Å². The number of hydrogen-bond acceptors (Lipinski definition) is 1. The van der Waals surface area contributed by atoms with Gasteiger partial charge >= 0.3 is 12.4 Å². The molecule has 0 aromatic heterocycles. The number of alkyl halides is 6. The molecule has 0 aliphatic carbocycles. The highest BCUT2D eigenvalue weighted by Gasteiger charge is 2.58. The topological polar surface area (TPSA) is 9.23 Å². The number of ether oxygens (including phenoxy) is 1. The average Bonchev–Trinajstić information content (AvgIpc) is 1.75. The van der Waals surface area contributed by atoms with Gasteiger partial charge in [0.15, 0.2) is 0 Å². The molecule has 0 aliphatic rings. The van der Waals surface area contributed by atoms with Crippen molar-refractivity contribution >= 4 is 16.3 Å². The molecule has 1 nitrogen and oxygen atoms in total. The van der Waals surface area contributed by atoms with Crippen LogP contribution in [0.2, 0.25) is 0 Å². The fourth-order valence-electron chi connectivity index (χ4n) is 0.673. The summed E-state index contributed by atoms with van der Waals surface area (Å²) in [6.07, 6.45) is -14.5. The predicted octanol–water partition coefficient (Wildman–Crippen LogP) is 1.87. The Labute approximate surface area is 84.8 Å². The standard InChI is InChI=1S/C6H7F6O.Al.2H/c1-3(2)13-4(5(7,8)9)6(10,11)12;;;/h4H,1-2H3;;;. The zero-order chi connectivity index (χ0) is 11.8. The molecule has 0 aromatic rings. The van der Waals surface area contributed by atoms with Gasteiger partial charge in [-0.15, -0.1) is 0 Å². The fourth-order valence-corrected chi connectivity index (χ4v) is 0.908. The van der Waals surface area contributed by atoms with Crippen molar-refractivity contribution in [3.05, 3.63) is 0 Å². The van der Waals surface area contributed by atoms with Crippen LogP contribution in [0.15, 0.2) is 0 Å². The van der Waals surface area contributed by atoms with E-state index < -0.39 is 22.9 Å². The molecule has 0 aromatic carbocycles. The Kier molecular flexibility index (Phi) is 3.93. The highest BCUT2D eigenvalue weighted by Crippen LogP contribution is 2.37. The molecule has 8 heteroatoms. The second-order valence-electron chi connectivity index (χ2n) is 3.69. The van der Waals surface area contributed by atoms with Gasteiger partial charge in [-0.3, -0.25) is 0 Å². The van der Waals surface area contributed by atoms with Crippen molar-refractivity contribution in [3.63, 3.8) is 0 Å². The summed E-state index contributed by atoms with van der Waals surface area (Å²) in [6, 6.07) is 0. The largest absolute Gasteiger partial charge is 0.423 e. The van der Waals surface area contributed by atoms with Crippen LogP contribution < -0.4 is 0 Å². The Balaban J connectivity index is 4.78. The van der Waals surface area contributed by atoms with E-state index in [1.165, 1.54) is 13.8 Å². The lowest BCUT2D eigenvalue weighted by Gasteiger charge is -2.30. The zero-order valence-corrected chi connectivity index (χ0v) is 9.75. The van der Waals surface area contributed by atoms with Crippen LogP contribution in [-0.4, -0.2) is 39.2 Å². The number of hydrogen-bond donors (Lipinski definition) is 0. The molecule has 0 bridgehead atoms. The Morgan fingerprint density at radius 3 is 1.29 bits per heavy atom. The third-order valence-corrected chi connectivity index (χ3v) is 1.30. The monoisotopic (exact) mass is 238 g/mol. The molecule has 0 saturated heterocycles. The molecular weight excluding hydrogens is 229 g/mol. The Hall–Kier alpha value is 0.0725. The number of halogens is 6. The van der Waals surface area contributed by atoms with E-state index in [4.69, 9.17) is 0 Å². The number of rotatable bonds is 2. The van der Waals surface area contributed by atoms with Crippen LogP contribution in [0.5, 0.6) is 0 Å². The van der Waals surface area contributed by atoms with E-state index in [2.05, 4.69) is 4.74 Å². The lowest BCUT2D eigenvalue weighted by molar-refractivity contribution is -0.333. The predicted molar refractivity (Wildman–Crippen MR) is 39.6 cm³/mol. The molecule has 0 saturated carbocycles. The van der Waals surface area contributed by atoms with Gasteiger partial charge in [0.05, 0.1) is 0 Å². The molecule has 0 radical (unpaired) electrons. The minimum absolute atomic E-state index is 0.0711. The first-order valence-electron chi connectivity index (χ1n) is 3.65. The first-order valence-corrected chi connectivity index (χ1v) is 4.65. The van der Waals surface area contributed by atoms with Gasteiger partial charge in [-0.05, 0) is 0 Å². The molecule has 0 rings (SSSR count). The van der Waals surface area contributed by atoms with Gasteiger partial charge in [-0.25, -0.2) is 0 Å². The van der Waals surface area contributed by atoms with Crippen molar-refractivity contribution in [1.29, 1.82) is 0 Å². The van der Waals surface area contributed by atoms with Crippen molar-refractivity contribution in [2.75, 3.05) is 0 Å². The smallest absolute Gasteiger partial charge is 0.372 e. The average molecular weight is 238 g/mol. The molecule has 0 amide bonds. The summed E-state index contributed by atoms with van der Waals surface area (Å²) in [5.74, 6) is 0. The first-order chi connectivity index (χ1) is 5.84. The highest BCUT2D eigenvalue weighted by molar-refractivity contribution is 6.13. The lowest BCUT2D eigenvalue weighted by atomic mass is 10.3. The van der Waals surface area contributed by atoms with Crippen molar-refractivity contribution in [3.8, 4) is 0 Å². The van der Waals surface area contributed by atoms with E-state index in [1.807, 2.05) is 0 Å². The van der Waals surface area contributed by atoms with Crippen LogP contribution in [0.25, 0.3) is 0 Å². The molecule has 84 valence electrons. The second kappa shape index (κ2) is 3.91. The third-order valence-electron chi connectivity index (χ3n) is 1.07. The first kappa shape index (κ1) is 14.1. The molecule has 0 fully saturated rings. The maximum Gasteiger partial charge on any atom is 0.423 e. The molecule has 0 heterocycles. The Morgan fingerprint density at radius 2 is 1.21 bits per heavy atom. The second-order valence-corrected chi connectivity index (χ2v) is 6.10. The van der Waals surface area contributed by atoms with Gasteiger partial charge in [-0.2, -0.15) is 26.3 Å². The summed E-state index contributed by atoms with van der Waals surface area (Å²) < 4.78 is 74.1. The van der Waals surface area contributed by atoms with Crippen molar-refractivity contribution in [2.24, 2.45) is 0 Å².